The zero-order chi connectivity index (χ0) is 14.0. The number of hydrogen-bond acceptors (Lipinski definition) is 3. The number of carbonyl (C=O) groups is 1. The van der Waals surface area contributed by atoms with E-state index in [0.29, 0.717) is 21.8 Å². The average Bonchev–Trinajstić information content (AvgIpc) is 3.14. The Morgan fingerprint density at radius 1 is 1.53 bits per heavy atom. The van der Waals surface area contributed by atoms with E-state index in [1.807, 2.05) is 0 Å². The molecule has 1 unspecified atom stereocenters. The van der Waals surface area contributed by atoms with Crippen LogP contribution in [0.2, 0.25) is 10.0 Å². The SMILES string of the molecule is CC(CSc1cc(Cl)ccc1Cl)(NC1CC1)C(=O)O. The van der Waals surface area contributed by atoms with E-state index in [9.17, 15) is 9.90 Å². The summed E-state index contributed by atoms with van der Waals surface area (Å²) >= 11 is 13.4. The van der Waals surface area contributed by atoms with Crippen molar-refractivity contribution in [2.45, 2.75) is 36.2 Å². The van der Waals surface area contributed by atoms with E-state index in [2.05, 4.69) is 5.32 Å². The Kier molecular flexibility index (Phi) is 4.66. The van der Waals surface area contributed by atoms with Gasteiger partial charge in [-0.05, 0) is 38.0 Å². The fourth-order valence-corrected chi connectivity index (χ4v) is 3.24. The second kappa shape index (κ2) is 5.92. The van der Waals surface area contributed by atoms with E-state index in [1.165, 1.54) is 11.8 Å². The number of aliphatic carboxylic acids is 1. The first-order chi connectivity index (χ1) is 8.90. The molecular weight excluding hydrogens is 305 g/mol. The van der Waals surface area contributed by atoms with Crippen molar-refractivity contribution >= 4 is 40.9 Å². The van der Waals surface area contributed by atoms with Gasteiger partial charge in [0.2, 0.25) is 0 Å². The molecule has 0 radical (unpaired) electrons. The lowest BCUT2D eigenvalue weighted by Gasteiger charge is -2.26. The summed E-state index contributed by atoms with van der Waals surface area (Å²) in [6, 6.07) is 5.52. The Balaban J connectivity index is 2.05. The standard InChI is InChI=1S/C13H15Cl2NO2S/c1-13(12(17)18,16-9-3-4-9)7-19-11-6-8(14)2-5-10(11)15/h2,5-6,9,16H,3-4,7H2,1H3,(H,17,18). The van der Waals surface area contributed by atoms with Gasteiger partial charge in [-0.3, -0.25) is 10.1 Å². The van der Waals surface area contributed by atoms with Crippen LogP contribution >= 0.6 is 35.0 Å². The van der Waals surface area contributed by atoms with Gasteiger partial charge in [0, 0.05) is 21.7 Å². The first-order valence-corrected chi connectivity index (χ1v) is 7.74. The topological polar surface area (TPSA) is 49.3 Å². The predicted octanol–water partition coefficient (Wildman–Crippen LogP) is 3.68. The number of benzene rings is 1. The first kappa shape index (κ1) is 15.0. The van der Waals surface area contributed by atoms with E-state index >= 15 is 0 Å². The van der Waals surface area contributed by atoms with Crippen molar-refractivity contribution in [3.8, 4) is 0 Å². The maximum Gasteiger partial charge on any atom is 0.324 e. The summed E-state index contributed by atoms with van der Waals surface area (Å²) in [5, 5.41) is 13.7. The summed E-state index contributed by atoms with van der Waals surface area (Å²) in [6.07, 6.45) is 2.09. The Bertz CT molecular complexity index is 494. The molecule has 2 N–H and O–H groups in total. The van der Waals surface area contributed by atoms with E-state index in [1.54, 1.807) is 25.1 Å². The van der Waals surface area contributed by atoms with Crippen molar-refractivity contribution < 1.29 is 9.90 Å². The molecule has 0 heterocycles. The maximum atomic E-state index is 11.4. The van der Waals surface area contributed by atoms with Crippen molar-refractivity contribution in [2.24, 2.45) is 0 Å². The van der Waals surface area contributed by atoms with Crippen molar-refractivity contribution in [1.82, 2.24) is 5.32 Å². The number of halogens is 2. The normalized spacial score (nSPS) is 18.1. The third-order valence-corrected chi connectivity index (χ3v) is 5.03. The molecule has 0 amide bonds. The van der Waals surface area contributed by atoms with Crippen LogP contribution in [0, 0.1) is 0 Å². The minimum Gasteiger partial charge on any atom is -0.480 e. The minimum absolute atomic E-state index is 0.330. The fourth-order valence-electron chi connectivity index (χ4n) is 1.65. The Morgan fingerprint density at radius 3 is 2.79 bits per heavy atom. The van der Waals surface area contributed by atoms with Crippen LogP contribution in [0.15, 0.2) is 23.1 Å². The van der Waals surface area contributed by atoms with E-state index in [4.69, 9.17) is 23.2 Å². The van der Waals surface area contributed by atoms with Gasteiger partial charge in [-0.15, -0.1) is 11.8 Å². The van der Waals surface area contributed by atoms with E-state index in [-0.39, 0.29) is 0 Å². The Morgan fingerprint density at radius 2 is 2.21 bits per heavy atom. The molecule has 3 nitrogen and oxygen atoms in total. The second-order valence-electron chi connectivity index (χ2n) is 4.92. The molecule has 1 fully saturated rings. The van der Waals surface area contributed by atoms with Crippen LogP contribution in [0.3, 0.4) is 0 Å². The van der Waals surface area contributed by atoms with Crippen molar-refractivity contribution in [3.63, 3.8) is 0 Å². The summed E-state index contributed by atoms with van der Waals surface area (Å²) in [4.78, 5) is 12.2. The molecule has 1 aromatic rings. The molecule has 1 atom stereocenters. The summed E-state index contributed by atoms with van der Waals surface area (Å²) < 4.78 is 0. The summed E-state index contributed by atoms with van der Waals surface area (Å²) in [7, 11) is 0. The number of thioether (sulfide) groups is 1. The molecule has 1 saturated carbocycles. The number of carboxylic acids is 1. The number of hydrogen-bond donors (Lipinski definition) is 2. The highest BCUT2D eigenvalue weighted by Crippen LogP contribution is 2.33. The van der Waals surface area contributed by atoms with Gasteiger partial charge in [0.05, 0.1) is 5.02 Å². The molecule has 2 rings (SSSR count). The summed E-state index contributed by atoms with van der Waals surface area (Å²) in [6.45, 7) is 1.71. The molecule has 1 aliphatic carbocycles. The lowest BCUT2D eigenvalue weighted by atomic mass is 10.1. The molecule has 0 aromatic heterocycles. The number of rotatable bonds is 6. The van der Waals surface area contributed by atoms with Crippen LogP contribution in [-0.4, -0.2) is 28.4 Å². The zero-order valence-corrected chi connectivity index (χ0v) is 12.8. The van der Waals surface area contributed by atoms with E-state index in [0.717, 1.165) is 17.7 Å². The molecule has 1 aliphatic rings. The molecular formula is C13H15Cl2NO2S. The smallest absolute Gasteiger partial charge is 0.324 e. The molecule has 0 aliphatic heterocycles. The van der Waals surface area contributed by atoms with Gasteiger partial charge in [0.15, 0.2) is 0 Å². The number of carboxylic acid groups (broad SMARTS) is 1. The Hall–Kier alpha value is -0.420. The highest BCUT2D eigenvalue weighted by Gasteiger charge is 2.38. The minimum atomic E-state index is -0.947. The van der Waals surface area contributed by atoms with Crippen LogP contribution in [0.4, 0.5) is 0 Å². The molecule has 6 heteroatoms. The second-order valence-corrected chi connectivity index (χ2v) is 6.78. The van der Waals surface area contributed by atoms with Crippen LogP contribution in [0.5, 0.6) is 0 Å². The molecule has 0 spiro atoms. The van der Waals surface area contributed by atoms with Crippen molar-refractivity contribution in [2.75, 3.05) is 5.75 Å². The van der Waals surface area contributed by atoms with Gasteiger partial charge in [-0.2, -0.15) is 0 Å². The zero-order valence-electron chi connectivity index (χ0n) is 10.5. The van der Waals surface area contributed by atoms with Crippen LogP contribution in [-0.2, 0) is 4.79 Å². The Labute approximate surface area is 126 Å². The fraction of sp³-hybridized carbons (Fsp3) is 0.462. The van der Waals surface area contributed by atoms with Gasteiger partial charge in [-0.1, -0.05) is 23.2 Å². The van der Waals surface area contributed by atoms with Gasteiger partial charge in [-0.25, -0.2) is 0 Å². The van der Waals surface area contributed by atoms with Crippen LogP contribution in [0.25, 0.3) is 0 Å². The largest absolute Gasteiger partial charge is 0.480 e. The van der Waals surface area contributed by atoms with Gasteiger partial charge >= 0.3 is 5.97 Å². The lowest BCUT2D eigenvalue weighted by molar-refractivity contribution is -0.143. The highest BCUT2D eigenvalue weighted by atomic mass is 35.5. The maximum absolute atomic E-state index is 11.4. The van der Waals surface area contributed by atoms with Crippen molar-refractivity contribution in [3.05, 3.63) is 28.2 Å². The quantitative estimate of drug-likeness (QED) is 0.785. The van der Waals surface area contributed by atoms with Gasteiger partial charge < -0.3 is 5.11 Å². The van der Waals surface area contributed by atoms with Crippen molar-refractivity contribution in [1.29, 1.82) is 0 Å². The monoisotopic (exact) mass is 319 g/mol. The molecule has 1 aromatic carbocycles. The highest BCUT2D eigenvalue weighted by molar-refractivity contribution is 7.99. The molecule has 0 bridgehead atoms. The number of nitrogens with one attached hydrogen (secondary N) is 1. The molecule has 0 saturated heterocycles. The predicted molar refractivity (Wildman–Crippen MR) is 79.4 cm³/mol. The van der Waals surface area contributed by atoms with E-state index < -0.39 is 11.5 Å². The summed E-state index contributed by atoms with van der Waals surface area (Å²) in [5.74, 6) is -0.441. The molecule has 19 heavy (non-hydrogen) atoms. The van der Waals surface area contributed by atoms with Crippen LogP contribution < -0.4 is 5.32 Å². The first-order valence-electron chi connectivity index (χ1n) is 6.00. The molecule has 104 valence electrons. The average molecular weight is 320 g/mol. The van der Waals surface area contributed by atoms with Gasteiger partial charge in [0.25, 0.3) is 0 Å². The lowest BCUT2D eigenvalue weighted by Crippen LogP contribution is -2.52. The van der Waals surface area contributed by atoms with Gasteiger partial charge in [0.1, 0.15) is 5.54 Å². The van der Waals surface area contributed by atoms with Crippen LogP contribution in [0.1, 0.15) is 19.8 Å². The third kappa shape index (κ3) is 4.02. The third-order valence-electron chi connectivity index (χ3n) is 2.98. The summed E-state index contributed by atoms with van der Waals surface area (Å²) in [5.41, 5.74) is -0.947.